The lowest BCUT2D eigenvalue weighted by Crippen LogP contribution is -2.38. The van der Waals surface area contributed by atoms with Crippen molar-refractivity contribution in [3.05, 3.63) is 36.7 Å². The molecule has 41 heavy (non-hydrogen) atoms. The first kappa shape index (κ1) is 32.6. The van der Waals surface area contributed by atoms with Crippen LogP contribution < -0.4 is 20.1 Å². The minimum atomic E-state index is -3.34. The molecule has 226 valence electrons. The first-order valence-corrected chi connectivity index (χ1v) is 15.5. The molecule has 0 aliphatic heterocycles. The van der Waals surface area contributed by atoms with Crippen molar-refractivity contribution in [2.24, 2.45) is 0 Å². The van der Waals surface area contributed by atoms with E-state index in [1.165, 1.54) is 17.8 Å². The quantitative estimate of drug-likeness (QED) is 0.122. The summed E-state index contributed by atoms with van der Waals surface area (Å²) >= 11 is 5.68. The maximum atomic E-state index is 15.6. The van der Waals surface area contributed by atoms with Gasteiger partial charge in [-0.2, -0.15) is 9.97 Å². The average molecular weight is 615 g/mol. The molecule has 0 spiro atoms. The van der Waals surface area contributed by atoms with Gasteiger partial charge in [-0.15, -0.1) is 0 Å². The third-order valence-electron chi connectivity index (χ3n) is 5.41. The van der Waals surface area contributed by atoms with Crippen LogP contribution in [0.2, 0.25) is 0 Å². The van der Waals surface area contributed by atoms with Crippen molar-refractivity contribution in [3.63, 3.8) is 0 Å². The molecule has 0 fully saturated rings. The summed E-state index contributed by atoms with van der Waals surface area (Å²) in [5, 5.41) is 12.7. The summed E-state index contributed by atoms with van der Waals surface area (Å²) < 4.78 is 45.3. The number of nitrogens with two attached hydrogens (primary N) is 1. The number of anilines is 1. The number of aliphatic hydroxyl groups excluding tert-OH is 1. The number of nitrogen functional groups attached to an aromatic ring is 1. The number of nitrogens with one attached hydrogen (secondary N) is 1. The Kier molecular flexibility index (Phi) is 11.4. The molecule has 0 saturated carbocycles. The van der Waals surface area contributed by atoms with E-state index < -0.39 is 37.2 Å². The van der Waals surface area contributed by atoms with Crippen LogP contribution in [0.3, 0.4) is 0 Å². The summed E-state index contributed by atoms with van der Waals surface area (Å²) in [7, 11) is 0. The molecular weight excluding hydrogens is 578 g/mol. The maximum absolute atomic E-state index is 15.6. The van der Waals surface area contributed by atoms with E-state index in [-0.39, 0.29) is 42.3 Å². The summed E-state index contributed by atoms with van der Waals surface area (Å²) in [6.45, 7) is 3.73. The van der Waals surface area contributed by atoms with Gasteiger partial charge in [-0.25, -0.2) is 14.5 Å². The number of benzene rings is 1. The lowest BCUT2D eigenvalue weighted by molar-refractivity contribution is -0.149. The summed E-state index contributed by atoms with van der Waals surface area (Å²) in [5.41, 5.74) is 3.97. The maximum Gasteiger partial charge on any atom is 0.323 e. The Hall–Kier alpha value is -2.94. The van der Waals surface area contributed by atoms with Gasteiger partial charge in [0.15, 0.2) is 23.1 Å². The largest absolute Gasteiger partial charge is 0.476 e. The molecule has 4 N–H and O–H groups in total. The van der Waals surface area contributed by atoms with Crippen LogP contribution in [0.5, 0.6) is 11.6 Å². The highest BCUT2D eigenvalue weighted by Gasteiger charge is 2.38. The zero-order chi connectivity index (χ0) is 30.2. The zero-order valence-corrected chi connectivity index (χ0v) is 25.2. The molecule has 16 heteroatoms. The van der Waals surface area contributed by atoms with Crippen molar-refractivity contribution in [3.8, 4) is 11.6 Å². The third-order valence-corrected chi connectivity index (χ3v) is 7.94. The summed E-state index contributed by atoms with van der Waals surface area (Å²) in [6, 6.07) is 7.88. The van der Waals surface area contributed by atoms with E-state index in [4.69, 9.17) is 40.8 Å². The number of fused-ring (bicyclic) bond motifs is 1. The van der Waals surface area contributed by atoms with Gasteiger partial charge in [-0.05, 0) is 58.6 Å². The van der Waals surface area contributed by atoms with Crippen LogP contribution in [-0.2, 0) is 30.6 Å². The molecule has 0 aliphatic carbocycles. The van der Waals surface area contributed by atoms with Gasteiger partial charge < -0.3 is 34.1 Å². The fourth-order valence-corrected chi connectivity index (χ4v) is 6.02. The van der Waals surface area contributed by atoms with Crippen molar-refractivity contribution >= 4 is 41.5 Å². The van der Waals surface area contributed by atoms with Gasteiger partial charge in [-0.1, -0.05) is 18.2 Å². The Bertz CT molecular complexity index is 1350. The monoisotopic (exact) mass is 614 g/mol. The summed E-state index contributed by atoms with van der Waals surface area (Å²) in [4.78, 5) is 24.9. The van der Waals surface area contributed by atoms with Crippen LogP contribution in [0.1, 0.15) is 40.8 Å². The van der Waals surface area contributed by atoms with Gasteiger partial charge in [-0.3, -0.25) is 9.36 Å². The van der Waals surface area contributed by atoms with Gasteiger partial charge in [0, 0.05) is 0 Å². The van der Waals surface area contributed by atoms with Crippen molar-refractivity contribution in [1.82, 2.24) is 24.6 Å². The second-order valence-corrected chi connectivity index (χ2v) is 12.5. The zero-order valence-electron chi connectivity index (χ0n) is 23.5. The smallest absolute Gasteiger partial charge is 0.323 e. The summed E-state index contributed by atoms with van der Waals surface area (Å²) in [6.07, 6.45) is -0.421. The topological polar surface area (TPSA) is 165 Å². The van der Waals surface area contributed by atoms with E-state index >= 15 is 4.39 Å². The molecule has 2 aromatic heterocycles. The number of carbonyl (C=O) groups is 1. The van der Waals surface area contributed by atoms with E-state index in [1.807, 2.05) is 6.07 Å². The number of alkyl halides is 1. The number of imidazole rings is 1. The van der Waals surface area contributed by atoms with Crippen LogP contribution >= 0.6 is 6.64 Å². The number of rotatable bonds is 16. The second kappa shape index (κ2) is 14.3. The number of carbonyl (C=O) groups excluding carboxylic acids is 1. The van der Waals surface area contributed by atoms with Gasteiger partial charge in [0.1, 0.15) is 11.8 Å². The molecule has 0 aliphatic rings. The van der Waals surface area contributed by atoms with Crippen LogP contribution in [0.15, 0.2) is 36.7 Å². The SMILES string of the molecule is CCOc1nc(N)nc2c1ncn2[C@H](OCCO[P@@](=S)(N[C@H](C)C(=O)OC(C)C)Oc1ccccc1)[C@](C)(F)CO. The number of nitrogens with zero attached hydrogens (tertiary/aromatic N) is 4. The number of para-hydroxylation sites is 1. The van der Waals surface area contributed by atoms with Crippen molar-refractivity contribution in [1.29, 1.82) is 0 Å². The van der Waals surface area contributed by atoms with Crippen molar-refractivity contribution in [2.45, 2.75) is 58.7 Å². The number of halogens is 1. The first-order valence-electron chi connectivity index (χ1n) is 12.9. The molecule has 3 aromatic rings. The predicted molar refractivity (Wildman–Crippen MR) is 154 cm³/mol. The normalized spacial score (nSPS) is 16.1. The highest BCUT2D eigenvalue weighted by molar-refractivity contribution is 8.09. The number of hydrogen-bond donors (Lipinski definition) is 3. The third kappa shape index (κ3) is 8.77. The van der Waals surface area contributed by atoms with E-state index in [0.717, 1.165) is 0 Å². The van der Waals surface area contributed by atoms with Gasteiger partial charge in [0.25, 0.3) is 0 Å². The van der Waals surface area contributed by atoms with E-state index in [9.17, 15) is 9.90 Å². The Morgan fingerprint density at radius 3 is 2.59 bits per heavy atom. The van der Waals surface area contributed by atoms with Gasteiger partial charge in [0.2, 0.25) is 11.8 Å². The number of aromatic nitrogens is 4. The molecule has 0 unspecified atom stereocenters. The first-order chi connectivity index (χ1) is 19.4. The fraction of sp³-hybridized carbons (Fsp3) is 0.520. The van der Waals surface area contributed by atoms with E-state index in [2.05, 4.69) is 20.0 Å². The summed E-state index contributed by atoms with van der Waals surface area (Å²) in [5.74, 6) is -0.0725. The lowest BCUT2D eigenvalue weighted by atomic mass is 10.1. The minimum Gasteiger partial charge on any atom is -0.476 e. The van der Waals surface area contributed by atoms with E-state index in [1.54, 1.807) is 52.0 Å². The van der Waals surface area contributed by atoms with Crippen molar-refractivity contribution in [2.75, 3.05) is 32.2 Å². The Labute approximate surface area is 242 Å². The standard InChI is InChI=1S/C25H36FN6O7PS/c1-6-35-21-19-20(29-24(27)30-21)32(15-28-19)23(25(5,26)14-33)36-12-13-37-40(41,39-18-10-8-7-9-11-18)31-17(4)22(34)38-16(2)3/h7-11,15-17,23,33H,6,12-14H2,1-5H3,(H,31,41)(H2,27,29,30)/t17-,23-,25-,40+/m1/s1. The van der Waals surface area contributed by atoms with Crippen LogP contribution in [0, 0.1) is 0 Å². The van der Waals surface area contributed by atoms with E-state index in [0.29, 0.717) is 12.4 Å². The van der Waals surface area contributed by atoms with Crippen LogP contribution in [0.4, 0.5) is 10.3 Å². The molecule has 2 heterocycles. The molecule has 1 aromatic carbocycles. The van der Waals surface area contributed by atoms with Gasteiger partial charge in [0.05, 0.1) is 38.9 Å². The fourth-order valence-electron chi connectivity index (χ4n) is 3.59. The van der Waals surface area contributed by atoms with Gasteiger partial charge >= 0.3 is 12.6 Å². The Morgan fingerprint density at radius 1 is 1.24 bits per heavy atom. The molecular formula is C25H36FN6O7PS. The predicted octanol–water partition coefficient (Wildman–Crippen LogP) is 3.29. The second-order valence-electron chi connectivity index (χ2n) is 9.37. The number of esters is 1. The lowest BCUT2D eigenvalue weighted by Gasteiger charge is -2.30. The highest BCUT2D eigenvalue weighted by atomic mass is 32.5. The number of aliphatic hydroxyl groups is 1. The molecule has 0 bridgehead atoms. The highest BCUT2D eigenvalue weighted by Crippen LogP contribution is 2.45. The molecule has 0 radical (unpaired) electrons. The van der Waals surface area contributed by atoms with Crippen LogP contribution in [-0.4, -0.2) is 74.8 Å². The number of hydrogen-bond acceptors (Lipinski definition) is 12. The minimum absolute atomic E-state index is 0.107. The van der Waals surface area contributed by atoms with Crippen molar-refractivity contribution < 1.29 is 37.5 Å². The Morgan fingerprint density at radius 2 is 1.95 bits per heavy atom. The Balaban J connectivity index is 1.79. The van der Waals surface area contributed by atoms with Crippen LogP contribution in [0.25, 0.3) is 11.2 Å². The molecule has 13 nitrogen and oxygen atoms in total. The molecule has 0 amide bonds. The molecule has 3 rings (SSSR count). The average Bonchev–Trinajstić information content (AvgIpc) is 3.32. The molecule has 4 atom stereocenters. The number of ether oxygens (including phenoxy) is 3. The molecule has 0 saturated heterocycles.